The number of benzene rings is 2. The predicted octanol–water partition coefficient (Wildman–Crippen LogP) is 6.96. The highest BCUT2D eigenvalue weighted by Gasteiger charge is 2.21. The van der Waals surface area contributed by atoms with Crippen LogP contribution in [0.15, 0.2) is 41.2 Å². The van der Waals surface area contributed by atoms with Crippen molar-refractivity contribution in [1.82, 2.24) is 19.9 Å². The number of nitrogens with one attached hydrogen (secondary N) is 3. The van der Waals surface area contributed by atoms with E-state index in [0.29, 0.717) is 39.0 Å². The van der Waals surface area contributed by atoms with E-state index in [2.05, 4.69) is 34.7 Å². The minimum absolute atomic E-state index is 0.134. The first kappa shape index (κ1) is 24.9. The van der Waals surface area contributed by atoms with Gasteiger partial charge in [-0.1, -0.05) is 60.7 Å². The molecule has 0 aliphatic heterocycles. The highest BCUT2D eigenvalue weighted by atomic mass is 35.5. The molecule has 3 N–H and O–H groups in total. The number of imidazole rings is 1. The van der Waals surface area contributed by atoms with Gasteiger partial charge in [-0.25, -0.2) is 4.98 Å². The summed E-state index contributed by atoms with van der Waals surface area (Å²) < 4.78 is 1.88. The van der Waals surface area contributed by atoms with Crippen molar-refractivity contribution < 1.29 is 0 Å². The molecule has 5 rings (SSSR count). The molecule has 1 aliphatic rings. The lowest BCUT2D eigenvalue weighted by Gasteiger charge is -2.28. The molecule has 0 bridgehead atoms. The van der Waals surface area contributed by atoms with Crippen molar-refractivity contribution in [2.75, 3.05) is 12.4 Å². The van der Waals surface area contributed by atoms with Gasteiger partial charge in [0.1, 0.15) is 0 Å². The highest BCUT2D eigenvalue weighted by Crippen LogP contribution is 2.34. The van der Waals surface area contributed by atoms with Gasteiger partial charge < -0.3 is 20.2 Å². The Labute approximate surface area is 220 Å². The quantitative estimate of drug-likeness (QED) is 0.255. The number of pyridine rings is 1. The minimum Gasteiger partial charge on any atom is -0.323 e. The van der Waals surface area contributed by atoms with Gasteiger partial charge in [0.15, 0.2) is 0 Å². The lowest BCUT2D eigenvalue weighted by molar-refractivity contribution is 0.310. The largest absolute Gasteiger partial charge is 0.323 e. The van der Waals surface area contributed by atoms with E-state index in [1.165, 1.54) is 32.1 Å². The number of rotatable bonds is 6. The molecular weight excluding hydrogens is 493 g/mol. The molecule has 1 saturated carbocycles. The van der Waals surface area contributed by atoms with E-state index < -0.39 is 0 Å². The van der Waals surface area contributed by atoms with Gasteiger partial charge >= 0.3 is 0 Å². The van der Waals surface area contributed by atoms with Crippen LogP contribution >= 0.6 is 23.2 Å². The number of halogens is 2. The van der Waals surface area contributed by atoms with E-state index in [0.717, 1.165) is 27.7 Å². The zero-order chi connectivity index (χ0) is 25.4. The summed E-state index contributed by atoms with van der Waals surface area (Å²) in [5.41, 5.74) is 3.80. The molecule has 2 heterocycles. The topological polar surface area (TPSA) is 74.7 Å². The fourth-order valence-electron chi connectivity index (χ4n) is 5.46. The summed E-state index contributed by atoms with van der Waals surface area (Å²) in [6.45, 7) is 2.05. The second kappa shape index (κ2) is 10.3. The van der Waals surface area contributed by atoms with Crippen molar-refractivity contribution in [3.63, 3.8) is 0 Å². The smallest absolute Gasteiger partial charge is 0.258 e. The fourth-order valence-corrected chi connectivity index (χ4v) is 5.95. The lowest BCUT2D eigenvalue weighted by Crippen LogP contribution is -2.32. The average molecular weight is 524 g/mol. The van der Waals surface area contributed by atoms with E-state index in [4.69, 9.17) is 28.2 Å². The van der Waals surface area contributed by atoms with Crippen LogP contribution in [0.5, 0.6) is 0 Å². The van der Waals surface area contributed by atoms with Gasteiger partial charge in [0.2, 0.25) is 5.95 Å². The number of aryl methyl sites for hydroxylation is 2. The molecule has 0 saturated heterocycles. The van der Waals surface area contributed by atoms with Gasteiger partial charge in [0.25, 0.3) is 5.56 Å². The Balaban J connectivity index is 1.56. The predicted molar refractivity (Wildman–Crippen MR) is 152 cm³/mol. The molecule has 36 heavy (non-hydrogen) atoms. The van der Waals surface area contributed by atoms with Crippen molar-refractivity contribution >= 4 is 62.7 Å². The third-order valence-electron chi connectivity index (χ3n) is 7.48. The van der Waals surface area contributed by atoms with Gasteiger partial charge in [-0.2, -0.15) is 0 Å². The Kier molecular flexibility index (Phi) is 7.11. The number of likely N-dealkylation sites (N-methyl/N-ethyl adjacent to an activating group) is 1. The SMILES string of the molecule is CNC(C=Cc1[nH]c(=O)c2c(ccc3nc(Nc4c(Cl)cccc4Cl)n(C)c32)c1C)C1CCCCC1. The molecule has 6 nitrogen and oxygen atoms in total. The zero-order valence-electron chi connectivity index (χ0n) is 20.8. The van der Waals surface area contributed by atoms with E-state index >= 15 is 0 Å². The van der Waals surface area contributed by atoms with Crippen LogP contribution in [0.25, 0.3) is 27.9 Å². The maximum absolute atomic E-state index is 13.4. The summed E-state index contributed by atoms with van der Waals surface area (Å²) in [6, 6.07) is 9.56. The van der Waals surface area contributed by atoms with Crippen LogP contribution in [0.1, 0.15) is 43.4 Å². The monoisotopic (exact) mass is 523 g/mol. The molecule has 1 fully saturated rings. The maximum atomic E-state index is 13.4. The number of nitrogens with zero attached hydrogens (tertiary/aromatic N) is 2. The molecule has 188 valence electrons. The van der Waals surface area contributed by atoms with E-state index in [1.54, 1.807) is 18.2 Å². The zero-order valence-corrected chi connectivity index (χ0v) is 22.3. The van der Waals surface area contributed by atoms with Crippen molar-refractivity contribution in [3.05, 3.63) is 68.1 Å². The number of aromatic amines is 1. The Bertz CT molecular complexity index is 1490. The maximum Gasteiger partial charge on any atom is 0.258 e. The Hall–Kier alpha value is -2.80. The van der Waals surface area contributed by atoms with Crippen LogP contribution in [0.3, 0.4) is 0 Å². The molecule has 0 amide bonds. The number of H-pyrrole nitrogens is 1. The first-order valence-electron chi connectivity index (χ1n) is 12.5. The van der Waals surface area contributed by atoms with Crippen LogP contribution in [0, 0.1) is 12.8 Å². The second-order valence-electron chi connectivity index (χ2n) is 9.64. The molecule has 4 aromatic rings. The summed E-state index contributed by atoms with van der Waals surface area (Å²) in [7, 11) is 3.90. The molecular formula is C28H31Cl2N5O. The molecule has 1 aliphatic carbocycles. The first-order valence-corrected chi connectivity index (χ1v) is 13.2. The lowest BCUT2D eigenvalue weighted by atomic mass is 9.83. The number of hydrogen-bond acceptors (Lipinski definition) is 4. The highest BCUT2D eigenvalue weighted by molar-refractivity contribution is 6.39. The molecule has 1 unspecified atom stereocenters. The van der Waals surface area contributed by atoms with Crippen LogP contribution < -0.4 is 16.2 Å². The Morgan fingerprint density at radius 3 is 2.56 bits per heavy atom. The number of aromatic nitrogens is 3. The van der Waals surface area contributed by atoms with Crippen LogP contribution in [-0.4, -0.2) is 27.6 Å². The number of para-hydroxylation sites is 1. The molecule has 8 heteroatoms. The molecule has 0 radical (unpaired) electrons. The minimum atomic E-state index is -0.134. The number of fused-ring (bicyclic) bond motifs is 3. The van der Waals surface area contributed by atoms with Gasteiger partial charge in [0.05, 0.1) is 32.2 Å². The standard InChI is InChI=1S/C28H31Cl2N5O/c1-16-18-12-13-23-26(35(3)28(33-23)34-25-19(29)10-7-11-20(25)30)24(18)27(36)32-21(16)14-15-22(31-2)17-8-5-4-6-9-17/h7,10-15,17,22,31H,4-6,8-9H2,1-3H3,(H,32,36)(H,33,34). The third-order valence-corrected chi connectivity index (χ3v) is 8.11. The molecule has 2 aromatic carbocycles. The van der Waals surface area contributed by atoms with Crippen molar-refractivity contribution in [3.8, 4) is 0 Å². The molecule has 1 atom stereocenters. The number of hydrogen-bond donors (Lipinski definition) is 3. The van der Waals surface area contributed by atoms with Crippen molar-refractivity contribution in [2.24, 2.45) is 13.0 Å². The summed E-state index contributed by atoms with van der Waals surface area (Å²) >= 11 is 12.7. The first-order chi connectivity index (χ1) is 17.4. The van der Waals surface area contributed by atoms with Crippen LogP contribution in [0.2, 0.25) is 10.0 Å². The summed E-state index contributed by atoms with van der Waals surface area (Å²) in [5.74, 6) is 1.19. The second-order valence-corrected chi connectivity index (χ2v) is 10.5. The third kappa shape index (κ3) is 4.54. The van der Waals surface area contributed by atoms with Gasteiger partial charge in [-0.05, 0) is 68.0 Å². The normalized spacial score (nSPS) is 15.8. The average Bonchev–Trinajstić information content (AvgIpc) is 3.20. The molecule has 0 spiro atoms. The van der Waals surface area contributed by atoms with Gasteiger partial charge in [-0.3, -0.25) is 4.79 Å². The van der Waals surface area contributed by atoms with Gasteiger partial charge in [0, 0.05) is 18.8 Å². The number of anilines is 2. The summed E-state index contributed by atoms with van der Waals surface area (Å²) in [5, 5.41) is 9.22. The van der Waals surface area contributed by atoms with E-state index in [-0.39, 0.29) is 5.56 Å². The van der Waals surface area contributed by atoms with Gasteiger partial charge in [-0.15, -0.1) is 0 Å². The fraction of sp³-hybridized carbons (Fsp3) is 0.357. The van der Waals surface area contributed by atoms with E-state index in [1.807, 2.05) is 30.8 Å². The van der Waals surface area contributed by atoms with E-state index in [9.17, 15) is 4.79 Å². The van der Waals surface area contributed by atoms with Crippen LogP contribution in [-0.2, 0) is 7.05 Å². The van der Waals surface area contributed by atoms with Crippen LogP contribution in [0.4, 0.5) is 11.6 Å². The summed E-state index contributed by atoms with van der Waals surface area (Å²) in [6.07, 6.45) is 10.7. The molecule has 2 aromatic heterocycles. The Morgan fingerprint density at radius 1 is 1.14 bits per heavy atom. The van der Waals surface area contributed by atoms with Crippen molar-refractivity contribution in [1.29, 1.82) is 0 Å². The Morgan fingerprint density at radius 2 is 1.86 bits per heavy atom. The van der Waals surface area contributed by atoms with Crippen molar-refractivity contribution in [2.45, 2.75) is 45.1 Å². The summed E-state index contributed by atoms with van der Waals surface area (Å²) in [4.78, 5) is 21.2.